The van der Waals surface area contributed by atoms with E-state index in [1.54, 1.807) is 0 Å². The lowest BCUT2D eigenvalue weighted by atomic mass is 9.97. The third kappa shape index (κ3) is 9.00. The van der Waals surface area contributed by atoms with Gasteiger partial charge in [-0.3, -0.25) is 33.6 Å². The average Bonchev–Trinajstić information content (AvgIpc) is 2.83. The van der Waals surface area contributed by atoms with E-state index in [4.69, 9.17) is 0 Å². The van der Waals surface area contributed by atoms with Crippen molar-refractivity contribution in [3.8, 4) is 0 Å². The third-order valence-electron chi connectivity index (χ3n) is 5.81. The minimum Gasteiger partial charge on any atom is -0.346 e. The summed E-state index contributed by atoms with van der Waals surface area (Å²) in [5.74, 6) is -4.27. The SMILES string of the molecule is CC1=C(C)CC2NC(=O)C(C)NC(=O)CNC(=O)CNC(=O)CNC(=O)CNC(=O)CN(CC1)C2=O. The van der Waals surface area contributed by atoms with Crippen molar-refractivity contribution in [3.63, 3.8) is 0 Å². The maximum Gasteiger partial charge on any atom is 0.245 e. The van der Waals surface area contributed by atoms with Crippen molar-refractivity contribution in [3.05, 3.63) is 11.1 Å². The van der Waals surface area contributed by atoms with Crippen molar-refractivity contribution >= 4 is 41.4 Å². The number of hydrogen-bond donors (Lipinski definition) is 6. The Balaban J connectivity index is 2.21. The molecule has 36 heavy (non-hydrogen) atoms. The second kappa shape index (κ2) is 13.2. The Hall–Kier alpha value is -3.97. The van der Waals surface area contributed by atoms with E-state index >= 15 is 0 Å². The Bertz CT molecular complexity index is 962. The van der Waals surface area contributed by atoms with Crippen LogP contribution in [0.5, 0.6) is 0 Å². The molecule has 0 aromatic rings. The molecule has 0 radical (unpaired) electrons. The lowest BCUT2D eigenvalue weighted by Crippen LogP contribution is -2.56. The number of rotatable bonds is 0. The van der Waals surface area contributed by atoms with E-state index in [1.165, 1.54) is 11.8 Å². The average molecular weight is 508 g/mol. The summed E-state index contributed by atoms with van der Waals surface area (Å²) in [7, 11) is 0. The topological polar surface area (TPSA) is 195 Å². The highest BCUT2D eigenvalue weighted by Crippen LogP contribution is 2.19. The predicted octanol–water partition coefficient (Wildman–Crippen LogP) is -3.59. The molecule has 14 nitrogen and oxygen atoms in total. The number of hydrogen-bond acceptors (Lipinski definition) is 7. The fourth-order valence-corrected chi connectivity index (χ4v) is 3.47. The van der Waals surface area contributed by atoms with E-state index in [2.05, 4.69) is 31.9 Å². The molecule has 2 atom stereocenters. The van der Waals surface area contributed by atoms with Crippen LogP contribution in [-0.4, -0.2) is 97.6 Å². The van der Waals surface area contributed by atoms with Gasteiger partial charge in [0.1, 0.15) is 12.1 Å². The smallest absolute Gasteiger partial charge is 0.245 e. The maximum atomic E-state index is 13.2. The first-order valence-electron chi connectivity index (χ1n) is 11.6. The molecule has 2 heterocycles. The molecular formula is C22H33N7O7. The van der Waals surface area contributed by atoms with Crippen molar-refractivity contribution in [1.82, 2.24) is 36.8 Å². The summed E-state index contributed by atoms with van der Waals surface area (Å²) in [6, 6.07) is -1.98. The Morgan fingerprint density at radius 3 is 1.72 bits per heavy atom. The lowest BCUT2D eigenvalue weighted by molar-refractivity contribution is -0.140. The van der Waals surface area contributed by atoms with Crippen LogP contribution in [0.3, 0.4) is 0 Å². The molecule has 0 aromatic heterocycles. The van der Waals surface area contributed by atoms with Gasteiger partial charge >= 0.3 is 0 Å². The normalized spacial score (nSPS) is 24.6. The molecule has 14 heteroatoms. The first kappa shape index (κ1) is 28.3. The standard InChI is InChI=1S/C22H33N7O7/c1-12-4-5-29-11-20(34)26-9-18(32)24-7-16(30)23-8-17(31)25-10-19(33)27-14(3)21(35)28-15(22(29)36)6-13(12)2/h14-15H,4-11H2,1-3H3,(H,23,30)(H,24,32)(H,25,31)(H,26,34)(H,27,33)(H,28,35). The second-order valence-corrected chi connectivity index (χ2v) is 8.73. The van der Waals surface area contributed by atoms with Crippen molar-refractivity contribution in [2.75, 3.05) is 39.3 Å². The first-order chi connectivity index (χ1) is 17.0. The van der Waals surface area contributed by atoms with Gasteiger partial charge in [-0.2, -0.15) is 0 Å². The van der Waals surface area contributed by atoms with Gasteiger partial charge in [-0.05, 0) is 33.6 Å². The Morgan fingerprint density at radius 2 is 1.17 bits per heavy atom. The van der Waals surface area contributed by atoms with Crippen LogP contribution in [0.2, 0.25) is 0 Å². The second-order valence-electron chi connectivity index (χ2n) is 8.73. The van der Waals surface area contributed by atoms with Gasteiger partial charge in [0.05, 0.1) is 32.7 Å². The monoisotopic (exact) mass is 507 g/mol. The number of carbonyl (C=O) groups excluding carboxylic acids is 7. The summed E-state index contributed by atoms with van der Waals surface area (Å²) >= 11 is 0. The summed E-state index contributed by atoms with van der Waals surface area (Å²) in [5.41, 5.74) is 1.95. The summed E-state index contributed by atoms with van der Waals surface area (Å²) in [5, 5.41) is 14.4. The number of nitrogens with zero attached hydrogens (tertiary/aromatic N) is 1. The summed E-state index contributed by atoms with van der Waals surface area (Å²) in [6.45, 7) is 3.40. The van der Waals surface area contributed by atoms with E-state index < -0.39 is 79.6 Å². The quantitative estimate of drug-likeness (QED) is 0.182. The van der Waals surface area contributed by atoms with Crippen molar-refractivity contribution in [2.45, 2.75) is 45.7 Å². The number of nitrogens with one attached hydrogen (secondary N) is 6. The largest absolute Gasteiger partial charge is 0.346 e. The van der Waals surface area contributed by atoms with E-state index in [-0.39, 0.29) is 19.5 Å². The number of amides is 7. The molecule has 7 amide bonds. The number of carbonyl (C=O) groups is 7. The zero-order valence-electron chi connectivity index (χ0n) is 20.6. The fraction of sp³-hybridized carbons (Fsp3) is 0.591. The molecule has 2 unspecified atom stereocenters. The van der Waals surface area contributed by atoms with Gasteiger partial charge in [0.2, 0.25) is 41.4 Å². The fourth-order valence-electron chi connectivity index (χ4n) is 3.47. The van der Waals surface area contributed by atoms with Crippen molar-refractivity contribution < 1.29 is 33.6 Å². The highest BCUT2D eigenvalue weighted by atomic mass is 16.2. The van der Waals surface area contributed by atoms with Crippen LogP contribution in [0.4, 0.5) is 0 Å². The van der Waals surface area contributed by atoms with E-state index in [1.807, 2.05) is 13.8 Å². The van der Waals surface area contributed by atoms with Gasteiger partial charge in [0.25, 0.3) is 0 Å². The number of fused-ring (bicyclic) bond motifs is 2. The molecule has 2 aliphatic heterocycles. The summed E-state index contributed by atoms with van der Waals surface area (Å²) in [6.07, 6.45) is 0.772. The maximum absolute atomic E-state index is 13.2. The molecule has 2 aliphatic rings. The van der Waals surface area contributed by atoms with Crippen LogP contribution in [-0.2, 0) is 33.6 Å². The van der Waals surface area contributed by atoms with Crippen LogP contribution in [0.25, 0.3) is 0 Å². The summed E-state index contributed by atoms with van der Waals surface area (Å²) in [4.78, 5) is 87.4. The van der Waals surface area contributed by atoms with Crippen LogP contribution < -0.4 is 31.9 Å². The van der Waals surface area contributed by atoms with E-state index in [9.17, 15) is 33.6 Å². The molecule has 2 bridgehead atoms. The van der Waals surface area contributed by atoms with Gasteiger partial charge in [-0.25, -0.2) is 0 Å². The molecule has 0 saturated carbocycles. The van der Waals surface area contributed by atoms with E-state index in [0.29, 0.717) is 6.42 Å². The van der Waals surface area contributed by atoms with E-state index in [0.717, 1.165) is 11.1 Å². The molecule has 1 saturated heterocycles. The van der Waals surface area contributed by atoms with Gasteiger partial charge in [-0.1, -0.05) is 11.1 Å². The minimum atomic E-state index is -1.01. The molecular weight excluding hydrogens is 474 g/mol. The Morgan fingerprint density at radius 1 is 0.667 bits per heavy atom. The zero-order chi connectivity index (χ0) is 26.8. The molecule has 1 fully saturated rings. The van der Waals surface area contributed by atoms with Gasteiger partial charge in [0.15, 0.2) is 0 Å². The van der Waals surface area contributed by atoms with Crippen LogP contribution >= 0.6 is 0 Å². The van der Waals surface area contributed by atoms with Crippen molar-refractivity contribution in [1.29, 1.82) is 0 Å². The Kier molecular flexibility index (Phi) is 10.4. The van der Waals surface area contributed by atoms with Crippen molar-refractivity contribution in [2.24, 2.45) is 0 Å². The van der Waals surface area contributed by atoms with Gasteiger partial charge < -0.3 is 36.8 Å². The molecule has 0 spiro atoms. The molecule has 198 valence electrons. The molecule has 2 rings (SSSR count). The highest BCUT2D eigenvalue weighted by Gasteiger charge is 2.31. The van der Waals surface area contributed by atoms with Crippen LogP contribution in [0, 0.1) is 0 Å². The lowest BCUT2D eigenvalue weighted by Gasteiger charge is -2.31. The van der Waals surface area contributed by atoms with Crippen LogP contribution in [0.1, 0.15) is 33.6 Å². The Labute approximate surface area is 208 Å². The minimum absolute atomic E-state index is 0.231. The zero-order valence-corrected chi connectivity index (χ0v) is 20.6. The van der Waals surface area contributed by atoms with Crippen LogP contribution in [0.15, 0.2) is 11.1 Å². The summed E-state index contributed by atoms with van der Waals surface area (Å²) < 4.78 is 0. The molecule has 6 N–H and O–H groups in total. The van der Waals surface area contributed by atoms with Gasteiger partial charge in [0, 0.05) is 6.54 Å². The van der Waals surface area contributed by atoms with Gasteiger partial charge in [-0.15, -0.1) is 0 Å². The third-order valence-corrected chi connectivity index (χ3v) is 5.81. The first-order valence-corrected chi connectivity index (χ1v) is 11.6. The molecule has 0 aliphatic carbocycles. The highest BCUT2D eigenvalue weighted by molar-refractivity contribution is 5.95. The molecule has 0 aromatic carbocycles. The predicted molar refractivity (Wildman–Crippen MR) is 126 cm³/mol.